The van der Waals surface area contributed by atoms with E-state index in [1.807, 2.05) is 4.57 Å². The molecule has 0 radical (unpaired) electrons. The predicted octanol–water partition coefficient (Wildman–Crippen LogP) is 1.77. The van der Waals surface area contributed by atoms with E-state index in [2.05, 4.69) is 15.5 Å². The van der Waals surface area contributed by atoms with Gasteiger partial charge in [0.1, 0.15) is 5.82 Å². The molecule has 0 saturated heterocycles. The number of anilines is 1. The Morgan fingerprint density at radius 2 is 2.19 bits per heavy atom. The molecule has 3 rings (SSSR count). The maximum absolute atomic E-state index is 12.2. The Balaban J connectivity index is 1.82. The van der Waals surface area contributed by atoms with Crippen LogP contribution in [0.2, 0.25) is 0 Å². The minimum atomic E-state index is -0.532. The van der Waals surface area contributed by atoms with Gasteiger partial charge in [-0.05, 0) is 18.9 Å². The molecular formula is C13H13N5O3. The van der Waals surface area contributed by atoms with Gasteiger partial charge in [0.25, 0.3) is 11.6 Å². The van der Waals surface area contributed by atoms with Crippen molar-refractivity contribution in [2.24, 2.45) is 0 Å². The Morgan fingerprint density at radius 1 is 1.33 bits per heavy atom. The fraction of sp³-hybridized carbons (Fsp3) is 0.308. The number of non-ortho nitro benzene ring substituents is 1. The number of nitrogens with one attached hydrogen (secondary N) is 1. The van der Waals surface area contributed by atoms with Crippen LogP contribution in [0.15, 0.2) is 24.3 Å². The van der Waals surface area contributed by atoms with Crippen molar-refractivity contribution in [3.63, 3.8) is 0 Å². The molecule has 108 valence electrons. The van der Waals surface area contributed by atoms with Gasteiger partial charge in [-0.1, -0.05) is 6.07 Å². The third-order valence-corrected chi connectivity index (χ3v) is 3.40. The number of aryl methyl sites for hydroxylation is 1. The lowest BCUT2D eigenvalue weighted by atomic mass is 10.2. The van der Waals surface area contributed by atoms with Gasteiger partial charge in [0.15, 0.2) is 0 Å². The molecule has 8 heteroatoms. The lowest BCUT2D eigenvalue weighted by molar-refractivity contribution is -0.384. The van der Waals surface area contributed by atoms with Crippen LogP contribution in [0.25, 0.3) is 0 Å². The van der Waals surface area contributed by atoms with Crippen molar-refractivity contribution in [2.45, 2.75) is 25.8 Å². The topological polar surface area (TPSA) is 103 Å². The molecule has 0 bridgehead atoms. The molecule has 0 unspecified atom stereocenters. The molecule has 1 aromatic heterocycles. The highest BCUT2D eigenvalue weighted by Gasteiger charge is 2.18. The number of carbonyl (C=O) groups is 1. The summed E-state index contributed by atoms with van der Waals surface area (Å²) >= 11 is 0. The number of carbonyl (C=O) groups excluding carboxylic acids is 1. The molecule has 1 N–H and O–H groups in total. The summed E-state index contributed by atoms with van der Waals surface area (Å²) in [7, 11) is 0. The first kappa shape index (κ1) is 13.2. The fourth-order valence-corrected chi connectivity index (χ4v) is 2.34. The Hall–Kier alpha value is -2.77. The summed E-state index contributed by atoms with van der Waals surface area (Å²) in [6.45, 7) is 0.771. The number of hydrogen-bond acceptors (Lipinski definition) is 5. The minimum Gasteiger partial charge on any atom is -0.297 e. The average molecular weight is 287 g/mol. The van der Waals surface area contributed by atoms with Crippen LogP contribution in [-0.4, -0.2) is 25.6 Å². The second kappa shape index (κ2) is 5.31. The van der Waals surface area contributed by atoms with Crippen LogP contribution in [0.3, 0.4) is 0 Å². The lowest BCUT2D eigenvalue weighted by Crippen LogP contribution is -2.18. The summed E-state index contributed by atoms with van der Waals surface area (Å²) in [5.74, 6) is 0.816. The Morgan fingerprint density at radius 3 is 3.00 bits per heavy atom. The van der Waals surface area contributed by atoms with Crippen LogP contribution in [0, 0.1) is 10.1 Å². The Kier molecular flexibility index (Phi) is 3.35. The van der Waals surface area contributed by atoms with Crippen molar-refractivity contribution in [3.8, 4) is 0 Å². The molecule has 0 aliphatic carbocycles. The Labute approximate surface area is 119 Å². The lowest BCUT2D eigenvalue weighted by Gasteiger charge is -2.14. The van der Waals surface area contributed by atoms with E-state index in [9.17, 15) is 14.9 Å². The van der Waals surface area contributed by atoms with Crippen LogP contribution >= 0.6 is 0 Å². The maximum atomic E-state index is 12.2. The number of nitrogens with zero attached hydrogens (tertiary/aromatic N) is 4. The first-order valence-electron chi connectivity index (χ1n) is 6.63. The van der Waals surface area contributed by atoms with Gasteiger partial charge < -0.3 is 0 Å². The molecule has 1 aliphatic heterocycles. The second-order valence-electron chi connectivity index (χ2n) is 4.81. The number of hydrogen-bond donors (Lipinski definition) is 1. The highest BCUT2D eigenvalue weighted by molar-refractivity contribution is 6.03. The second-order valence-corrected chi connectivity index (χ2v) is 4.81. The molecule has 0 atom stereocenters. The summed E-state index contributed by atoms with van der Waals surface area (Å²) < 4.78 is 1.87. The van der Waals surface area contributed by atoms with Crippen LogP contribution in [0.5, 0.6) is 0 Å². The standard InChI is InChI=1S/C13H13N5O3/c19-12(9-4-3-5-10(8-9)18(20)21)14-13-16-15-11-6-1-2-7-17(11)13/h3-5,8H,1-2,6-7H2,(H,14,16,19). The summed E-state index contributed by atoms with van der Waals surface area (Å²) in [4.78, 5) is 22.4. The molecule has 1 aromatic carbocycles. The van der Waals surface area contributed by atoms with Gasteiger partial charge in [-0.3, -0.25) is 24.8 Å². The van der Waals surface area contributed by atoms with Gasteiger partial charge in [0.2, 0.25) is 5.95 Å². The number of amides is 1. The van der Waals surface area contributed by atoms with E-state index in [1.54, 1.807) is 0 Å². The smallest absolute Gasteiger partial charge is 0.270 e. The zero-order valence-corrected chi connectivity index (χ0v) is 11.2. The van der Waals surface area contributed by atoms with Crippen molar-refractivity contribution >= 4 is 17.5 Å². The number of aromatic nitrogens is 3. The van der Waals surface area contributed by atoms with E-state index in [0.29, 0.717) is 5.95 Å². The zero-order valence-electron chi connectivity index (χ0n) is 11.2. The van der Waals surface area contributed by atoms with Gasteiger partial charge >= 0.3 is 0 Å². The summed E-state index contributed by atoms with van der Waals surface area (Å²) in [6, 6.07) is 5.58. The van der Waals surface area contributed by atoms with Crippen LogP contribution < -0.4 is 5.32 Å². The van der Waals surface area contributed by atoms with Crippen LogP contribution in [0.4, 0.5) is 11.6 Å². The fourth-order valence-electron chi connectivity index (χ4n) is 2.34. The van der Waals surface area contributed by atoms with Gasteiger partial charge in [0.05, 0.1) is 4.92 Å². The average Bonchev–Trinajstić information content (AvgIpc) is 2.91. The third-order valence-electron chi connectivity index (χ3n) is 3.40. The van der Waals surface area contributed by atoms with E-state index in [-0.39, 0.29) is 11.3 Å². The van der Waals surface area contributed by atoms with Crippen molar-refractivity contribution in [1.82, 2.24) is 14.8 Å². The number of fused-ring (bicyclic) bond motifs is 1. The summed E-state index contributed by atoms with van der Waals surface area (Å²) in [5.41, 5.74) is 0.100. The van der Waals surface area contributed by atoms with Gasteiger partial charge in [0, 0.05) is 30.7 Å². The van der Waals surface area contributed by atoms with E-state index < -0.39 is 10.8 Å². The molecule has 1 amide bonds. The first-order chi connectivity index (χ1) is 10.1. The SMILES string of the molecule is O=C(Nc1nnc2n1CCCC2)c1cccc([N+](=O)[O-])c1. The first-order valence-corrected chi connectivity index (χ1v) is 6.63. The van der Waals surface area contributed by atoms with E-state index in [1.165, 1.54) is 24.3 Å². The Bertz CT molecular complexity index is 710. The number of rotatable bonds is 3. The van der Waals surface area contributed by atoms with Gasteiger partial charge in [-0.25, -0.2) is 0 Å². The molecule has 21 heavy (non-hydrogen) atoms. The largest absolute Gasteiger partial charge is 0.297 e. The van der Waals surface area contributed by atoms with Crippen LogP contribution in [0.1, 0.15) is 29.0 Å². The third kappa shape index (κ3) is 2.60. The van der Waals surface area contributed by atoms with Crippen molar-refractivity contribution < 1.29 is 9.72 Å². The molecule has 2 heterocycles. The number of nitro benzene ring substituents is 1. The quantitative estimate of drug-likeness (QED) is 0.684. The number of nitro groups is 1. The molecule has 2 aromatic rings. The monoisotopic (exact) mass is 287 g/mol. The zero-order chi connectivity index (χ0) is 14.8. The highest BCUT2D eigenvalue weighted by atomic mass is 16.6. The van der Waals surface area contributed by atoms with Crippen molar-refractivity contribution in [2.75, 3.05) is 5.32 Å². The molecular weight excluding hydrogens is 274 g/mol. The molecule has 0 saturated carbocycles. The van der Waals surface area contributed by atoms with E-state index in [4.69, 9.17) is 0 Å². The van der Waals surface area contributed by atoms with Crippen LogP contribution in [-0.2, 0) is 13.0 Å². The molecule has 1 aliphatic rings. The minimum absolute atomic E-state index is 0.120. The maximum Gasteiger partial charge on any atom is 0.270 e. The normalized spacial score (nSPS) is 13.5. The summed E-state index contributed by atoms with van der Waals surface area (Å²) in [5, 5.41) is 21.4. The number of benzene rings is 1. The van der Waals surface area contributed by atoms with Gasteiger partial charge in [-0.2, -0.15) is 0 Å². The van der Waals surface area contributed by atoms with Crippen molar-refractivity contribution in [3.05, 3.63) is 45.8 Å². The summed E-state index contributed by atoms with van der Waals surface area (Å²) in [6.07, 6.45) is 2.93. The van der Waals surface area contributed by atoms with E-state index >= 15 is 0 Å². The molecule has 0 spiro atoms. The van der Waals surface area contributed by atoms with E-state index in [0.717, 1.165) is 31.6 Å². The predicted molar refractivity (Wildman–Crippen MR) is 74.0 cm³/mol. The molecule has 8 nitrogen and oxygen atoms in total. The van der Waals surface area contributed by atoms with Gasteiger partial charge in [-0.15, -0.1) is 10.2 Å². The molecule has 0 fully saturated rings. The highest BCUT2D eigenvalue weighted by Crippen LogP contribution is 2.19. The van der Waals surface area contributed by atoms with Crippen molar-refractivity contribution in [1.29, 1.82) is 0 Å².